The zero-order valence-electron chi connectivity index (χ0n) is 18.6. The molecular weight excluding hydrogens is 424 g/mol. The number of hydrogen-bond donors (Lipinski definition) is 1. The summed E-state index contributed by atoms with van der Waals surface area (Å²) in [5.74, 6) is -0.0984. The van der Waals surface area contributed by atoms with Crippen LogP contribution in [0.5, 0.6) is 11.5 Å². The molecule has 2 heterocycles. The van der Waals surface area contributed by atoms with Gasteiger partial charge in [0.2, 0.25) is 0 Å². The summed E-state index contributed by atoms with van der Waals surface area (Å²) in [6, 6.07) is 13.9. The Morgan fingerprint density at radius 2 is 1.79 bits per heavy atom. The molecule has 0 radical (unpaired) electrons. The van der Waals surface area contributed by atoms with Crippen LogP contribution in [-0.2, 0) is 4.79 Å². The maximum absolute atomic E-state index is 12.7. The SMILES string of the molecule is COc1ccc(C(=O)NCC2CCN(C(=O)C(=O)c3cc4ccccc4o3)CC2)c(OC)c1. The van der Waals surface area contributed by atoms with Crippen molar-refractivity contribution >= 4 is 28.6 Å². The van der Waals surface area contributed by atoms with E-state index in [1.54, 1.807) is 42.3 Å². The summed E-state index contributed by atoms with van der Waals surface area (Å²) in [5, 5.41) is 3.73. The van der Waals surface area contributed by atoms with Gasteiger partial charge in [-0.25, -0.2) is 0 Å². The van der Waals surface area contributed by atoms with Crippen molar-refractivity contribution in [2.75, 3.05) is 33.9 Å². The molecule has 172 valence electrons. The second-order valence-corrected chi connectivity index (χ2v) is 7.99. The maximum Gasteiger partial charge on any atom is 0.298 e. The molecule has 2 amide bonds. The number of benzene rings is 2. The Morgan fingerprint density at radius 1 is 1.03 bits per heavy atom. The Kier molecular flexibility index (Phi) is 6.63. The van der Waals surface area contributed by atoms with E-state index in [0.717, 1.165) is 5.39 Å². The maximum atomic E-state index is 12.7. The zero-order chi connectivity index (χ0) is 23.4. The highest BCUT2D eigenvalue weighted by atomic mass is 16.5. The molecule has 0 bridgehead atoms. The van der Waals surface area contributed by atoms with Gasteiger partial charge in [0.05, 0.1) is 19.8 Å². The van der Waals surface area contributed by atoms with Crippen molar-refractivity contribution in [2.24, 2.45) is 5.92 Å². The summed E-state index contributed by atoms with van der Waals surface area (Å²) in [7, 11) is 3.06. The van der Waals surface area contributed by atoms with Crippen molar-refractivity contribution in [1.29, 1.82) is 0 Å². The highest BCUT2D eigenvalue weighted by Crippen LogP contribution is 2.25. The minimum Gasteiger partial charge on any atom is -0.497 e. The highest BCUT2D eigenvalue weighted by Gasteiger charge is 2.30. The summed E-state index contributed by atoms with van der Waals surface area (Å²) in [6.45, 7) is 1.39. The zero-order valence-corrected chi connectivity index (χ0v) is 18.6. The van der Waals surface area contributed by atoms with Crippen LogP contribution in [0.15, 0.2) is 52.9 Å². The Hall–Kier alpha value is -3.81. The molecule has 8 nitrogen and oxygen atoms in total. The van der Waals surface area contributed by atoms with Crippen molar-refractivity contribution in [3.05, 3.63) is 59.9 Å². The average molecular weight is 450 g/mol. The first-order chi connectivity index (χ1) is 16.0. The van der Waals surface area contributed by atoms with Gasteiger partial charge in [0, 0.05) is 31.1 Å². The summed E-state index contributed by atoms with van der Waals surface area (Å²) in [4.78, 5) is 39.5. The van der Waals surface area contributed by atoms with Crippen molar-refractivity contribution < 1.29 is 28.3 Å². The van der Waals surface area contributed by atoms with E-state index in [1.165, 1.54) is 7.11 Å². The first kappa shape index (κ1) is 22.4. The number of furan rings is 1. The number of piperidine rings is 1. The lowest BCUT2D eigenvalue weighted by molar-refractivity contribution is -0.127. The average Bonchev–Trinajstić information content (AvgIpc) is 3.30. The normalized spacial score (nSPS) is 14.2. The van der Waals surface area contributed by atoms with Gasteiger partial charge in [-0.1, -0.05) is 18.2 Å². The molecule has 1 aromatic heterocycles. The molecule has 0 unspecified atom stereocenters. The quantitative estimate of drug-likeness (QED) is 0.438. The molecule has 33 heavy (non-hydrogen) atoms. The summed E-state index contributed by atoms with van der Waals surface area (Å²) in [6.07, 6.45) is 1.39. The number of hydrogen-bond acceptors (Lipinski definition) is 6. The van der Waals surface area contributed by atoms with Crippen LogP contribution in [0.4, 0.5) is 0 Å². The molecule has 1 aliphatic heterocycles. The molecule has 1 aliphatic rings. The van der Waals surface area contributed by atoms with Crippen LogP contribution in [0.1, 0.15) is 33.8 Å². The van der Waals surface area contributed by atoms with Gasteiger partial charge in [0.1, 0.15) is 17.1 Å². The van der Waals surface area contributed by atoms with E-state index in [1.807, 2.05) is 18.2 Å². The van der Waals surface area contributed by atoms with Crippen LogP contribution in [0, 0.1) is 5.92 Å². The Bertz CT molecular complexity index is 1140. The number of rotatable bonds is 7. The molecule has 4 rings (SSSR count). The van der Waals surface area contributed by atoms with Gasteiger partial charge < -0.3 is 24.1 Å². The van der Waals surface area contributed by atoms with Crippen LogP contribution in [0.25, 0.3) is 11.0 Å². The number of amides is 2. The van der Waals surface area contributed by atoms with E-state index in [-0.39, 0.29) is 17.6 Å². The van der Waals surface area contributed by atoms with Crippen LogP contribution in [0.3, 0.4) is 0 Å². The van der Waals surface area contributed by atoms with Crippen molar-refractivity contribution in [2.45, 2.75) is 12.8 Å². The van der Waals surface area contributed by atoms with Gasteiger partial charge >= 0.3 is 0 Å². The molecule has 0 spiro atoms. The second-order valence-electron chi connectivity index (χ2n) is 7.99. The first-order valence-electron chi connectivity index (χ1n) is 10.8. The lowest BCUT2D eigenvalue weighted by Crippen LogP contribution is -2.44. The van der Waals surface area contributed by atoms with Gasteiger partial charge in [-0.05, 0) is 43.0 Å². The van der Waals surface area contributed by atoms with Gasteiger partial charge in [0.15, 0.2) is 5.76 Å². The number of nitrogens with one attached hydrogen (secondary N) is 1. The monoisotopic (exact) mass is 450 g/mol. The van der Waals surface area contributed by atoms with Gasteiger partial charge in [-0.15, -0.1) is 0 Å². The van der Waals surface area contributed by atoms with Gasteiger partial charge in [-0.2, -0.15) is 0 Å². The van der Waals surface area contributed by atoms with Crippen LogP contribution >= 0.6 is 0 Å². The van der Waals surface area contributed by atoms with Crippen LogP contribution < -0.4 is 14.8 Å². The smallest absolute Gasteiger partial charge is 0.298 e. The third kappa shape index (κ3) is 4.84. The number of carbonyl (C=O) groups is 3. The number of nitrogens with zero attached hydrogens (tertiary/aromatic N) is 1. The number of para-hydroxylation sites is 1. The summed E-state index contributed by atoms with van der Waals surface area (Å²) >= 11 is 0. The molecule has 1 saturated heterocycles. The molecule has 3 aromatic rings. The molecule has 2 aromatic carbocycles. The number of fused-ring (bicyclic) bond motifs is 1. The number of ketones is 1. The van der Waals surface area contributed by atoms with Crippen molar-refractivity contribution in [3.8, 4) is 11.5 Å². The predicted octanol–water partition coefficient (Wildman–Crippen LogP) is 3.30. The Labute approximate surface area is 191 Å². The molecule has 0 atom stereocenters. The van der Waals surface area contributed by atoms with E-state index in [4.69, 9.17) is 13.9 Å². The van der Waals surface area contributed by atoms with Gasteiger partial charge in [-0.3, -0.25) is 14.4 Å². The topological polar surface area (TPSA) is 98.1 Å². The first-order valence-corrected chi connectivity index (χ1v) is 10.8. The molecule has 0 saturated carbocycles. The summed E-state index contributed by atoms with van der Waals surface area (Å²) < 4.78 is 16.0. The number of Topliss-reactive ketones (excluding diaryl/α,β-unsaturated/α-hetero) is 1. The number of likely N-dealkylation sites (tertiary alicyclic amines) is 1. The van der Waals surface area contributed by atoms with E-state index in [0.29, 0.717) is 55.1 Å². The number of methoxy groups -OCH3 is 2. The minimum atomic E-state index is -0.635. The highest BCUT2D eigenvalue weighted by molar-refractivity contribution is 6.42. The van der Waals surface area contributed by atoms with E-state index >= 15 is 0 Å². The minimum absolute atomic E-state index is 0.0593. The third-order valence-corrected chi connectivity index (χ3v) is 5.95. The second kappa shape index (κ2) is 9.77. The predicted molar refractivity (Wildman–Crippen MR) is 122 cm³/mol. The van der Waals surface area contributed by atoms with Gasteiger partial charge in [0.25, 0.3) is 17.6 Å². The van der Waals surface area contributed by atoms with Crippen molar-refractivity contribution in [1.82, 2.24) is 10.2 Å². The van der Waals surface area contributed by atoms with E-state index < -0.39 is 11.7 Å². The van der Waals surface area contributed by atoms with Crippen molar-refractivity contribution in [3.63, 3.8) is 0 Å². The molecule has 1 fully saturated rings. The molecule has 1 N–H and O–H groups in total. The fourth-order valence-electron chi connectivity index (χ4n) is 4.00. The molecule has 0 aliphatic carbocycles. The largest absolute Gasteiger partial charge is 0.497 e. The lowest BCUT2D eigenvalue weighted by atomic mass is 9.96. The molecule has 8 heteroatoms. The lowest BCUT2D eigenvalue weighted by Gasteiger charge is -2.31. The van der Waals surface area contributed by atoms with Crippen LogP contribution in [0.2, 0.25) is 0 Å². The summed E-state index contributed by atoms with van der Waals surface area (Å²) in [5.41, 5.74) is 1.01. The Morgan fingerprint density at radius 3 is 2.48 bits per heavy atom. The molecular formula is C25H26N2O6. The fourth-order valence-corrected chi connectivity index (χ4v) is 4.00. The fraction of sp³-hybridized carbons (Fsp3) is 0.320. The Balaban J connectivity index is 1.29. The van der Waals surface area contributed by atoms with E-state index in [2.05, 4.69) is 5.32 Å². The third-order valence-electron chi connectivity index (χ3n) is 5.95. The van der Waals surface area contributed by atoms with Crippen LogP contribution in [-0.4, -0.2) is 56.4 Å². The number of ether oxygens (including phenoxy) is 2. The standard InChI is InChI=1S/C25H26N2O6/c1-31-18-7-8-19(21(14-18)32-2)24(29)26-15-16-9-11-27(12-10-16)25(30)23(28)22-13-17-5-3-4-6-20(17)33-22/h3-8,13-14,16H,9-12,15H2,1-2H3,(H,26,29). The van der Waals surface area contributed by atoms with E-state index in [9.17, 15) is 14.4 Å². The number of carbonyl (C=O) groups excluding carboxylic acids is 3.